The molecule has 1 aromatic rings. The average molecular weight is 207 g/mol. The first-order valence-electron chi connectivity index (χ1n) is 5.42. The highest BCUT2D eigenvalue weighted by Crippen LogP contribution is 2.19. The van der Waals surface area contributed by atoms with Crippen molar-refractivity contribution in [3.05, 3.63) is 18.1 Å². The zero-order valence-electron chi connectivity index (χ0n) is 9.23. The van der Waals surface area contributed by atoms with Crippen molar-refractivity contribution in [1.29, 1.82) is 0 Å². The summed E-state index contributed by atoms with van der Waals surface area (Å²) in [6.07, 6.45) is 4.73. The van der Waals surface area contributed by atoms with E-state index in [1.165, 1.54) is 0 Å². The summed E-state index contributed by atoms with van der Waals surface area (Å²) in [6, 6.07) is 0. The number of nitrogens with zero attached hydrogens (tertiary/aromatic N) is 2. The van der Waals surface area contributed by atoms with Crippen LogP contribution in [-0.2, 0) is 0 Å². The fourth-order valence-electron chi connectivity index (χ4n) is 1.77. The maximum atomic E-state index is 5.86. The lowest BCUT2D eigenvalue weighted by molar-refractivity contribution is 0.108. The Balaban J connectivity index is 2.04. The van der Waals surface area contributed by atoms with Gasteiger partial charge < -0.3 is 10.1 Å². The first-order chi connectivity index (χ1) is 7.27. The van der Waals surface area contributed by atoms with Crippen LogP contribution >= 0.6 is 0 Å². The number of hydrogen-bond donors (Lipinski definition) is 1. The molecule has 1 aliphatic rings. The van der Waals surface area contributed by atoms with E-state index in [4.69, 9.17) is 4.74 Å². The average Bonchev–Trinajstić information content (AvgIpc) is 2.24. The second-order valence-corrected chi connectivity index (χ2v) is 4.07. The van der Waals surface area contributed by atoms with Gasteiger partial charge in [0, 0.05) is 18.9 Å². The maximum Gasteiger partial charge on any atom is 0.235 e. The van der Waals surface area contributed by atoms with E-state index in [1.54, 1.807) is 12.4 Å². The summed E-state index contributed by atoms with van der Waals surface area (Å²) < 4.78 is 5.86. The fraction of sp³-hybridized carbons (Fsp3) is 0.636. The minimum atomic E-state index is 0.217. The zero-order valence-corrected chi connectivity index (χ0v) is 9.23. The van der Waals surface area contributed by atoms with Crippen LogP contribution in [0.1, 0.15) is 19.0 Å². The van der Waals surface area contributed by atoms with Gasteiger partial charge in [-0.15, -0.1) is 0 Å². The van der Waals surface area contributed by atoms with Gasteiger partial charge in [-0.25, -0.2) is 4.98 Å². The normalized spacial score (nSPS) is 26.3. The molecule has 1 saturated heterocycles. The second-order valence-electron chi connectivity index (χ2n) is 4.07. The van der Waals surface area contributed by atoms with E-state index in [2.05, 4.69) is 22.2 Å². The van der Waals surface area contributed by atoms with Crippen molar-refractivity contribution in [3.8, 4) is 5.88 Å². The molecule has 0 amide bonds. The van der Waals surface area contributed by atoms with E-state index in [-0.39, 0.29) is 6.10 Å². The van der Waals surface area contributed by atoms with Crippen molar-refractivity contribution in [1.82, 2.24) is 15.3 Å². The number of rotatable bonds is 2. The summed E-state index contributed by atoms with van der Waals surface area (Å²) in [5.74, 6) is 1.24. The highest BCUT2D eigenvalue weighted by molar-refractivity contribution is 5.15. The molecule has 82 valence electrons. The van der Waals surface area contributed by atoms with Crippen LogP contribution in [0.3, 0.4) is 0 Å². The number of hydrogen-bond acceptors (Lipinski definition) is 4. The number of aromatic nitrogens is 2. The van der Waals surface area contributed by atoms with Crippen molar-refractivity contribution < 1.29 is 4.74 Å². The molecule has 1 N–H and O–H groups in total. The molecule has 0 saturated carbocycles. The van der Waals surface area contributed by atoms with Gasteiger partial charge >= 0.3 is 0 Å². The van der Waals surface area contributed by atoms with Crippen LogP contribution in [0.5, 0.6) is 5.88 Å². The first-order valence-corrected chi connectivity index (χ1v) is 5.42. The molecule has 2 heterocycles. The number of nitrogens with one attached hydrogen (secondary N) is 1. The van der Waals surface area contributed by atoms with E-state index in [9.17, 15) is 0 Å². The number of aryl methyl sites for hydroxylation is 1. The quantitative estimate of drug-likeness (QED) is 0.790. The van der Waals surface area contributed by atoms with Crippen LogP contribution in [-0.4, -0.2) is 29.2 Å². The molecule has 4 heteroatoms. The van der Waals surface area contributed by atoms with Crippen LogP contribution in [0, 0.1) is 12.8 Å². The second kappa shape index (κ2) is 4.57. The molecule has 0 spiro atoms. The maximum absolute atomic E-state index is 5.86. The molecule has 0 aromatic carbocycles. The Bertz CT molecular complexity index is 329. The lowest BCUT2D eigenvalue weighted by Crippen LogP contribution is -2.43. The number of ether oxygens (including phenoxy) is 1. The first kappa shape index (κ1) is 10.4. The smallest absolute Gasteiger partial charge is 0.235 e. The van der Waals surface area contributed by atoms with E-state index in [1.807, 2.05) is 6.92 Å². The molecular weight excluding hydrogens is 190 g/mol. The van der Waals surface area contributed by atoms with Gasteiger partial charge in [0.2, 0.25) is 5.88 Å². The van der Waals surface area contributed by atoms with Crippen LogP contribution in [0.2, 0.25) is 0 Å². The predicted molar refractivity (Wildman–Crippen MR) is 57.8 cm³/mol. The Labute approximate surface area is 90.1 Å². The zero-order chi connectivity index (χ0) is 10.7. The molecule has 0 radical (unpaired) electrons. The Hall–Kier alpha value is -1.16. The molecule has 2 rings (SSSR count). The van der Waals surface area contributed by atoms with Crippen molar-refractivity contribution >= 4 is 0 Å². The molecule has 1 fully saturated rings. The van der Waals surface area contributed by atoms with Crippen LogP contribution in [0.15, 0.2) is 12.4 Å². The molecular formula is C11H17N3O. The minimum Gasteiger partial charge on any atom is -0.471 e. The SMILES string of the molecule is Cc1nccnc1OC1CNCCC1C. The fourth-order valence-corrected chi connectivity index (χ4v) is 1.77. The van der Waals surface area contributed by atoms with Crippen molar-refractivity contribution in [2.75, 3.05) is 13.1 Å². The van der Waals surface area contributed by atoms with E-state index in [0.29, 0.717) is 11.8 Å². The summed E-state index contributed by atoms with van der Waals surface area (Å²) in [4.78, 5) is 8.36. The van der Waals surface area contributed by atoms with Gasteiger partial charge in [-0.05, 0) is 25.8 Å². The van der Waals surface area contributed by atoms with Gasteiger partial charge in [0.1, 0.15) is 6.10 Å². The van der Waals surface area contributed by atoms with E-state index in [0.717, 1.165) is 25.2 Å². The Morgan fingerprint density at radius 1 is 1.40 bits per heavy atom. The Morgan fingerprint density at radius 2 is 2.20 bits per heavy atom. The molecule has 0 bridgehead atoms. The minimum absolute atomic E-state index is 0.217. The van der Waals surface area contributed by atoms with Gasteiger partial charge in [0.15, 0.2) is 0 Å². The summed E-state index contributed by atoms with van der Waals surface area (Å²) in [7, 11) is 0. The van der Waals surface area contributed by atoms with Gasteiger partial charge in [-0.1, -0.05) is 6.92 Å². The highest BCUT2D eigenvalue weighted by Gasteiger charge is 2.23. The predicted octanol–water partition coefficient (Wildman–Crippen LogP) is 1.16. The van der Waals surface area contributed by atoms with Crippen molar-refractivity contribution in [2.24, 2.45) is 5.92 Å². The topological polar surface area (TPSA) is 47.0 Å². The lowest BCUT2D eigenvalue weighted by atomic mass is 9.97. The summed E-state index contributed by atoms with van der Waals surface area (Å²) in [6.45, 7) is 6.12. The van der Waals surface area contributed by atoms with Gasteiger partial charge in [0.25, 0.3) is 0 Å². The third-order valence-corrected chi connectivity index (χ3v) is 2.86. The summed E-state index contributed by atoms with van der Waals surface area (Å²) in [5.41, 5.74) is 0.857. The largest absolute Gasteiger partial charge is 0.471 e. The third-order valence-electron chi connectivity index (χ3n) is 2.86. The summed E-state index contributed by atoms with van der Waals surface area (Å²) >= 11 is 0. The van der Waals surface area contributed by atoms with Crippen molar-refractivity contribution in [3.63, 3.8) is 0 Å². The number of piperidine rings is 1. The van der Waals surface area contributed by atoms with Crippen LogP contribution < -0.4 is 10.1 Å². The van der Waals surface area contributed by atoms with Gasteiger partial charge in [0.05, 0.1) is 5.69 Å². The monoisotopic (exact) mass is 207 g/mol. The molecule has 2 atom stereocenters. The standard InChI is InChI=1S/C11H17N3O/c1-8-3-4-12-7-10(8)15-11-9(2)13-5-6-14-11/h5-6,8,10,12H,3-4,7H2,1-2H3. The van der Waals surface area contributed by atoms with Crippen molar-refractivity contribution in [2.45, 2.75) is 26.4 Å². The summed E-state index contributed by atoms with van der Waals surface area (Å²) in [5, 5.41) is 3.33. The molecule has 0 aliphatic carbocycles. The molecule has 2 unspecified atom stereocenters. The van der Waals surface area contributed by atoms with E-state index >= 15 is 0 Å². The molecule has 1 aromatic heterocycles. The van der Waals surface area contributed by atoms with Gasteiger partial charge in [-0.2, -0.15) is 0 Å². The van der Waals surface area contributed by atoms with Crippen LogP contribution in [0.25, 0.3) is 0 Å². The van der Waals surface area contributed by atoms with Crippen LogP contribution in [0.4, 0.5) is 0 Å². The lowest BCUT2D eigenvalue weighted by Gasteiger charge is -2.29. The van der Waals surface area contributed by atoms with Gasteiger partial charge in [-0.3, -0.25) is 4.98 Å². The molecule has 1 aliphatic heterocycles. The molecule has 15 heavy (non-hydrogen) atoms. The Morgan fingerprint density at radius 3 is 2.93 bits per heavy atom. The van der Waals surface area contributed by atoms with E-state index < -0.39 is 0 Å². The highest BCUT2D eigenvalue weighted by atomic mass is 16.5. The Kier molecular flexibility index (Phi) is 3.16. The third kappa shape index (κ3) is 2.45. The molecule has 4 nitrogen and oxygen atoms in total.